The van der Waals surface area contributed by atoms with Crippen molar-refractivity contribution in [2.24, 2.45) is 0 Å². The molecule has 1 atom stereocenters. The van der Waals surface area contributed by atoms with Crippen molar-refractivity contribution in [3.63, 3.8) is 0 Å². The highest BCUT2D eigenvalue weighted by molar-refractivity contribution is 5.45. The van der Waals surface area contributed by atoms with E-state index in [4.69, 9.17) is 10.00 Å². The molecule has 0 bridgehead atoms. The highest BCUT2D eigenvalue weighted by Crippen LogP contribution is 2.19. The Labute approximate surface area is 126 Å². The van der Waals surface area contributed by atoms with E-state index in [1.54, 1.807) is 7.11 Å². The zero-order chi connectivity index (χ0) is 15.2. The molecule has 0 fully saturated rings. The minimum Gasteiger partial charge on any atom is -0.495 e. The maximum Gasteiger partial charge on any atom is 0.136 e. The number of rotatable bonds is 5. The quantitative estimate of drug-likeness (QED) is 0.907. The summed E-state index contributed by atoms with van der Waals surface area (Å²) in [6.07, 6.45) is 0. The lowest BCUT2D eigenvalue weighted by atomic mass is 10.1. The molecule has 0 aliphatic heterocycles. The van der Waals surface area contributed by atoms with Gasteiger partial charge in [-0.3, -0.25) is 0 Å². The molecule has 0 unspecified atom stereocenters. The third kappa shape index (κ3) is 3.84. The van der Waals surface area contributed by atoms with Gasteiger partial charge >= 0.3 is 0 Å². The average Bonchev–Trinajstić information content (AvgIpc) is 2.52. The summed E-state index contributed by atoms with van der Waals surface area (Å²) in [4.78, 5) is 0. The third-order valence-electron chi connectivity index (χ3n) is 3.57. The molecule has 0 saturated carbocycles. The number of methoxy groups -OCH3 is 1. The second kappa shape index (κ2) is 6.92. The molecule has 2 rings (SSSR count). The second-order valence-electron chi connectivity index (χ2n) is 5.16. The van der Waals surface area contributed by atoms with Crippen LogP contribution < -0.4 is 10.1 Å². The number of benzene rings is 2. The first-order valence-corrected chi connectivity index (χ1v) is 7.01. The first kappa shape index (κ1) is 15.1. The predicted molar refractivity (Wildman–Crippen MR) is 84.1 cm³/mol. The van der Waals surface area contributed by atoms with Crippen LogP contribution in [0.25, 0.3) is 0 Å². The van der Waals surface area contributed by atoms with Gasteiger partial charge in [0.1, 0.15) is 11.8 Å². The summed E-state index contributed by atoms with van der Waals surface area (Å²) >= 11 is 0. The minimum atomic E-state index is 0.262. The van der Waals surface area contributed by atoms with E-state index in [2.05, 4.69) is 49.5 Å². The van der Waals surface area contributed by atoms with Crippen LogP contribution in [0, 0.1) is 18.3 Å². The molecule has 0 radical (unpaired) electrons. The van der Waals surface area contributed by atoms with Crippen LogP contribution in [0.15, 0.2) is 42.5 Å². The zero-order valence-corrected chi connectivity index (χ0v) is 12.7. The van der Waals surface area contributed by atoms with E-state index in [0.717, 1.165) is 5.56 Å². The molecule has 0 aliphatic carbocycles. The Morgan fingerprint density at radius 3 is 2.52 bits per heavy atom. The van der Waals surface area contributed by atoms with Crippen LogP contribution in [-0.2, 0) is 6.54 Å². The van der Waals surface area contributed by atoms with Gasteiger partial charge in [-0.1, -0.05) is 35.9 Å². The summed E-state index contributed by atoms with van der Waals surface area (Å²) in [6, 6.07) is 16.6. The Hall–Kier alpha value is -2.31. The Bertz CT molecular complexity index is 641. The van der Waals surface area contributed by atoms with E-state index in [1.807, 2.05) is 18.2 Å². The standard InChI is InChI=1S/C18H20N2O/c1-13-4-7-16(8-5-13)14(2)20-12-15-6-9-18(21-3)17(10-15)11-19/h4-10,14,20H,12H2,1-3H3/t14-/m1/s1. The third-order valence-corrected chi connectivity index (χ3v) is 3.57. The summed E-state index contributed by atoms with van der Waals surface area (Å²) in [6.45, 7) is 4.94. The lowest BCUT2D eigenvalue weighted by Crippen LogP contribution is -2.18. The fourth-order valence-electron chi connectivity index (χ4n) is 2.20. The van der Waals surface area contributed by atoms with Gasteiger partial charge in [0.25, 0.3) is 0 Å². The number of aryl methyl sites for hydroxylation is 1. The van der Waals surface area contributed by atoms with Crippen molar-refractivity contribution >= 4 is 0 Å². The smallest absolute Gasteiger partial charge is 0.136 e. The van der Waals surface area contributed by atoms with E-state index >= 15 is 0 Å². The Morgan fingerprint density at radius 2 is 1.90 bits per heavy atom. The van der Waals surface area contributed by atoms with Crippen molar-refractivity contribution in [1.82, 2.24) is 5.32 Å². The Balaban J connectivity index is 2.03. The summed E-state index contributed by atoms with van der Waals surface area (Å²) in [7, 11) is 1.58. The zero-order valence-electron chi connectivity index (χ0n) is 12.7. The van der Waals surface area contributed by atoms with Gasteiger partial charge in [0.2, 0.25) is 0 Å². The average molecular weight is 280 g/mol. The maximum atomic E-state index is 9.10. The van der Waals surface area contributed by atoms with Crippen LogP contribution in [0.3, 0.4) is 0 Å². The Morgan fingerprint density at radius 1 is 1.19 bits per heavy atom. The van der Waals surface area contributed by atoms with Gasteiger partial charge in [-0.15, -0.1) is 0 Å². The summed E-state index contributed by atoms with van der Waals surface area (Å²) in [5.74, 6) is 0.618. The molecule has 3 heteroatoms. The fraction of sp³-hybridized carbons (Fsp3) is 0.278. The molecule has 3 nitrogen and oxygen atoms in total. The van der Waals surface area contributed by atoms with Crippen LogP contribution in [0.1, 0.15) is 35.2 Å². The lowest BCUT2D eigenvalue weighted by molar-refractivity contribution is 0.413. The van der Waals surface area contributed by atoms with Crippen molar-refractivity contribution in [3.05, 3.63) is 64.7 Å². The van der Waals surface area contributed by atoms with Crippen molar-refractivity contribution < 1.29 is 4.74 Å². The van der Waals surface area contributed by atoms with Gasteiger partial charge in [-0.2, -0.15) is 5.26 Å². The number of nitrogens with zero attached hydrogens (tertiary/aromatic N) is 1. The fourth-order valence-corrected chi connectivity index (χ4v) is 2.20. The molecule has 2 aromatic carbocycles. The number of hydrogen-bond donors (Lipinski definition) is 1. The van der Waals surface area contributed by atoms with Gasteiger partial charge < -0.3 is 10.1 Å². The van der Waals surface area contributed by atoms with Crippen LogP contribution in [-0.4, -0.2) is 7.11 Å². The van der Waals surface area contributed by atoms with E-state index in [9.17, 15) is 0 Å². The van der Waals surface area contributed by atoms with Crippen LogP contribution in [0.4, 0.5) is 0 Å². The molecule has 0 heterocycles. The summed E-state index contributed by atoms with van der Waals surface area (Å²) < 4.78 is 5.15. The number of nitriles is 1. The first-order chi connectivity index (χ1) is 10.1. The number of nitrogens with one attached hydrogen (secondary N) is 1. The van der Waals surface area contributed by atoms with Crippen LogP contribution in [0.5, 0.6) is 5.75 Å². The molecule has 2 aromatic rings. The van der Waals surface area contributed by atoms with Gasteiger partial charge in [-0.25, -0.2) is 0 Å². The van der Waals surface area contributed by atoms with E-state index in [-0.39, 0.29) is 6.04 Å². The van der Waals surface area contributed by atoms with Gasteiger partial charge in [0.15, 0.2) is 0 Å². The molecule has 0 saturated heterocycles. The molecule has 21 heavy (non-hydrogen) atoms. The van der Waals surface area contributed by atoms with Gasteiger partial charge in [0, 0.05) is 12.6 Å². The number of hydrogen-bond acceptors (Lipinski definition) is 3. The minimum absolute atomic E-state index is 0.262. The molecule has 0 spiro atoms. The lowest BCUT2D eigenvalue weighted by Gasteiger charge is -2.15. The highest BCUT2D eigenvalue weighted by Gasteiger charge is 2.07. The van der Waals surface area contributed by atoms with Gasteiger partial charge in [0.05, 0.1) is 12.7 Å². The highest BCUT2D eigenvalue weighted by atomic mass is 16.5. The molecule has 108 valence electrons. The predicted octanol–water partition coefficient (Wildman–Crippen LogP) is 3.73. The van der Waals surface area contributed by atoms with E-state index in [0.29, 0.717) is 17.9 Å². The molecule has 0 aromatic heterocycles. The molecule has 0 amide bonds. The Kier molecular flexibility index (Phi) is 4.97. The van der Waals surface area contributed by atoms with Crippen molar-refractivity contribution in [3.8, 4) is 11.8 Å². The maximum absolute atomic E-state index is 9.10. The second-order valence-corrected chi connectivity index (χ2v) is 5.16. The first-order valence-electron chi connectivity index (χ1n) is 7.01. The van der Waals surface area contributed by atoms with Crippen molar-refractivity contribution in [2.45, 2.75) is 26.4 Å². The summed E-state index contributed by atoms with van der Waals surface area (Å²) in [5.41, 5.74) is 4.17. The SMILES string of the molecule is COc1ccc(CN[C@H](C)c2ccc(C)cc2)cc1C#N. The largest absolute Gasteiger partial charge is 0.495 e. The molecule has 0 aliphatic rings. The molecular formula is C18H20N2O. The topological polar surface area (TPSA) is 45.0 Å². The van der Waals surface area contributed by atoms with Crippen LogP contribution >= 0.6 is 0 Å². The van der Waals surface area contributed by atoms with Crippen molar-refractivity contribution in [1.29, 1.82) is 5.26 Å². The number of ether oxygens (including phenoxy) is 1. The van der Waals surface area contributed by atoms with Crippen molar-refractivity contribution in [2.75, 3.05) is 7.11 Å². The van der Waals surface area contributed by atoms with Gasteiger partial charge in [-0.05, 0) is 37.1 Å². The molecular weight excluding hydrogens is 260 g/mol. The normalized spacial score (nSPS) is 11.7. The monoisotopic (exact) mass is 280 g/mol. The van der Waals surface area contributed by atoms with Crippen LogP contribution in [0.2, 0.25) is 0 Å². The van der Waals surface area contributed by atoms with E-state index in [1.165, 1.54) is 11.1 Å². The van der Waals surface area contributed by atoms with E-state index < -0.39 is 0 Å². The molecule has 1 N–H and O–H groups in total. The summed E-state index contributed by atoms with van der Waals surface area (Å²) in [5, 5.41) is 12.6.